The third-order valence-corrected chi connectivity index (χ3v) is 5.08. The molecule has 0 spiro atoms. The van der Waals surface area contributed by atoms with Crippen LogP contribution < -0.4 is 5.32 Å². The maximum Gasteiger partial charge on any atom is 0.349 e. The lowest BCUT2D eigenvalue weighted by molar-refractivity contribution is -0.137. The van der Waals surface area contributed by atoms with Gasteiger partial charge in [-0.3, -0.25) is 9.59 Å². The SMILES string of the molecule is CC(C)c1ccc(/C=C(\C#N)C(=O)OCC(=O)c2ccc3c(c2)[C@H](C)C(=O)N3)cc1. The second kappa shape index (κ2) is 8.75. The molecule has 1 N–H and O–H groups in total. The van der Waals surface area contributed by atoms with E-state index in [1.165, 1.54) is 6.08 Å². The average Bonchev–Trinajstić information content (AvgIpc) is 3.03. The normalized spacial score (nSPS) is 15.4. The number of fused-ring (bicyclic) bond motifs is 1. The van der Waals surface area contributed by atoms with E-state index in [2.05, 4.69) is 19.2 Å². The standard InChI is InChI=1S/C24H22N2O4/c1-14(2)17-6-4-16(5-7-17)10-19(12-25)24(29)30-13-22(27)18-8-9-21-20(11-18)15(3)23(28)26-21/h4-11,14-15H,13H2,1-3H3,(H,26,28)/b19-10+/t15-/m0/s1. The number of ether oxygens (including phenoxy) is 1. The molecule has 2 aromatic rings. The van der Waals surface area contributed by atoms with Crippen molar-refractivity contribution < 1.29 is 19.1 Å². The monoisotopic (exact) mass is 402 g/mol. The minimum Gasteiger partial charge on any atom is -0.453 e. The summed E-state index contributed by atoms with van der Waals surface area (Å²) in [7, 11) is 0. The molecular weight excluding hydrogens is 380 g/mol. The Hall–Kier alpha value is -3.72. The molecule has 2 aromatic carbocycles. The van der Waals surface area contributed by atoms with Crippen LogP contribution in [0.4, 0.5) is 5.69 Å². The summed E-state index contributed by atoms with van der Waals surface area (Å²) in [6.07, 6.45) is 1.44. The van der Waals surface area contributed by atoms with Crippen molar-refractivity contribution in [3.8, 4) is 6.07 Å². The Morgan fingerprint density at radius 2 is 1.90 bits per heavy atom. The van der Waals surface area contributed by atoms with E-state index in [1.54, 1.807) is 25.1 Å². The van der Waals surface area contributed by atoms with Gasteiger partial charge in [-0.15, -0.1) is 0 Å². The predicted octanol–water partition coefficient (Wildman–Crippen LogP) is 4.20. The van der Waals surface area contributed by atoms with Crippen molar-refractivity contribution in [1.82, 2.24) is 0 Å². The van der Waals surface area contributed by atoms with Crippen LogP contribution in [-0.4, -0.2) is 24.3 Å². The molecule has 0 aliphatic carbocycles. The fourth-order valence-electron chi connectivity index (χ4n) is 3.16. The van der Waals surface area contributed by atoms with Crippen LogP contribution in [0.2, 0.25) is 0 Å². The van der Waals surface area contributed by atoms with Crippen molar-refractivity contribution in [2.24, 2.45) is 0 Å². The number of carbonyl (C=O) groups is 3. The molecule has 1 atom stereocenters. The Balaban J connectivity index is 1.66. The Morgan fingerprint density at radius 3 is 2.53 bits per heavy atom. The van der Waals surface area contributed by atoms with Crippen LogP contribution >= 0.6 is 0 Å². The van der Waals surface area contributed by atoms with E-state index >= 15 is 0 Å². The number of anilines is 1. The first kappa shape index (κ1) is 21.0. The highest BCUT2D eigenvalue weighted by atomic mass is 16.5. The highest BCUT2D eigenvalue weighted by Crippen LogP contribution is 2.32. The number of hydrogen-bond donors (Lipinski definition) is 1. The van der Waals surface area contributed by atoms with E-state index in [1.807, 2.05) is 30.3 Å². The molecule has 0 unspecified atom stereocenters. The molecule has 152 valence electrons. The first-order chi connectivity index (χ1) is 14.3. The van der Waals surface area contributed by atoms with Crippen molar-refractivity contribution in [2.75, 3.05) is 11.9 Å². The maximum atomic E-state index is 12.4. The number of benzene rings is 2. The van der Waals surface area contributed by atoms with E-state index in [-0.39, 0.29) is 17.4 Å². The van der Waals surface area contributed by atoms with Crippen LogP contribution in [0.5, 0.6) is 0 Å². The number of esters is 1. The zero-order valence-electron chi connectivity index (χ0n) is 17.1. The number of nitrogens with one attached hydrogen (secondary N) is 1. The number of nitrogens with zero attached hydrogens (tertiary/aromatic N) is 1. The van der Waals surface area contributed by atoms with Gasteiger partial charge >= 0.3 is 5.97 Å². The predicted molar refractivity (Wildman–Crippen MR) is 113 cm³/mol. The number of hydrogen-bond acceptors (Lipinski definition) is 5. The van der Waals surface area contributed by atoms with Gasteiger partial charge in [-0.2, -0.15) is 5.26 Å². The van der Waals surface area contributed by atoms with Crippen LogP contribution in [0.25, 0.3) is 6.08 Å². The van der Waals surface area contributed by atoms with Crippen molar-refractivity contribution >= 4 is 29.4 Å². The molecule has 1 aliphatic rings. The van der Waals surface area contributed by atoms with Gasteiger partial charge in [0, 0.05) is 11.3 Å². The van der Waals surface area contributed by atoms with Crippen LogP contribution in [0.15, 0.2) is 48.0 Å². The number of carbonyl (C=O) groups excluding carboxylic acids is 3. The lowest BCUT2D eigenvalue weighted by Gasteiger charge is -2.07. The maximum absolute atomic E-state index is 12.4. The number of nitriles is 1. The fourth-order valence-corrected chi connectivity index (χ4v) is 3.16. The summed E-state index contributed by atoms with van der Waals surface area (Å²) in [5.41, 5.74) is 3.43. The van der Waals surface area contributed by atoms with E-state index in [0.717, 1.165) is 11.1 Å². The number of amides is 1. The quantitative estimate of drug-likeness (QED) is 0.338. The van der Waals surface area contributed by atoms with Crippen LogP contribution in [0.3, 0.4) is 0 Å². The van der Waals surface area contributed by atoms with Crippen LogP contribution in [0.1, 0.15) is 59.7 Å². The summed E-state index contributed by atoms with van der Waals surface area (Å²) in [6, 6.07) is 14.2. The molecule has 0 saturated carbocycles. The molecule has 0 saturated heterocycles. The van der Waals surface area contributed by atoms with E-state index in [0.29, 0.717) is 22.7 Å². The molecule has 1 aliphatic heterocycles. The van der Waals surface area contributed by atoms with Crippen molar-refractivity contribution in [2.45, 2.75) is 32.6 Å². The molecule has 0 bridgehead atoms. The lowest BCUT2D eigenvalue weighted by atomic mass is 9.99. The molecule has 6 heteroatoms. The Kier molecular flexibility index (Phi) is 6.12. The summed E-state index contributed by atoms with van der Waals surface area (Å²) in [4.78, 5) is 36.4. The van der Waals surface area contributed by atoms with Gasteiger partial charge in [-0.05, 0) is 53.8 Å². The largest absolute Gasteiger partial charge is 0.453 e. The van der Waals surface area contributed by atoms with E-state index in [9.17, 15) is 19.6 Å². The number of rotatable bonds is 6. The molecule has 3 rings (SSSR count). The van der Waals surface area contributed by atoms with Crippen LogP contribution in [-0.2, 0) is 14.3 Å². The zero-order chi connectivity index (χ0) is 21.8. The van der Waals surface area contributed by atoms with Crippen molar-refractivity contribution in [1.29, 1.82) is 5.26 Å². The van der Waals surface area contributed by atoms with Crippen molar-refractivity contribution in [3.05, 3.63) is 70.3 Å². The third-order valence-electron chi connectivity index (χ3n) is 5.08. The highest BCUT2D eigenvalue weighted by Gasteiger charge is 2.27. The van der Waals surface area contributed by atoms with E-state index < -0.39 is 18.4 Å². The lowest BCUT2D eigenvalue weighted by Crippen LogP contribution is -2.15. The summed E-state index contributed by atoms with van der Waals surface area (Å²) in [5.74, 6) is -1.34. The first-order valence-electron chi connectivity index (χ1n) is 9.67. The topological polar surface area (TPSA) is 96.3 Å². The molecule has 0 radical (unpaired) electrons. The van der Waals surface area contributed by atoms with Gasteiger partial charge in [-0.25, -0.2) is 4.79 Å². The molecule has 30 heavy (non-hydrogen) atoms. The number of Topliss-reactive ketones (excluding diaryl/α,β-unsaturated/α-hetero) is 1. The van der Waals surface area contributed by atoms with E-state index in [4.69, 9.17) is 4.74 Å². The minimum absolute atomic E-state index is 0.119. The van der Waals surface area contributed by atoms with Gasteiger partial charge in [-0.1, -0.05) is 38.1 Å². The summed E-state index contributed by atoms with van der Waals surface area (Å²) in [6.45, 7) is 5.43. The molecular formula is C24H22N2O4. The summed E-state index contributed by atoms with van der Waals surface area (Å²) in [5, 5.41) is 12.0. The van der Waals surface area contributed by atoms with Gasteiger partial charge in [0.05, 0.1) is 5.92 Å². The van der Waals surface area contributed by atoms with Gasteiger partial charge in [0.25, 0.3) is 0 Å². The molecule has 1 amide bonds. The molecule has 0 aromatic heterocycles. The second-order valence-electron chi connectivity index (χ2n) is 7.50. The third kappa shape index (κ3) is 4.47. The van der Waals surface area contributed by atoms with Crippen molar-refractivity contribution in [3.63, 3.8) is 0 Å². The second-order valence-corrected chi connectivity index (χ2v) is 7.50. The van der Waals surface area contributed by atoms with Crippen LogP contribution in [0, 0.1) is 11.3 Å². The number of ketones is 1. The average molecular weight is 402 g/mol. The first-order valence-corrected chi connectivity index (χ1v) is 9.67. The minimum atomic E-state index is -0.856. The fraction of sp³-hybridized carbons (Fsp3) is 0.250. The molecule has 6 nitrogen and oxygen atoms in total. The smallest absolute Gasteiger partial charge is 0.349 e. The Labute approximate surface area is 175 Å². The Bertz CT molecular complexity index is 1080. The highest BCUT2D eigenvalue weighted by molar-refractivity contribution is 6.05. The van der Waals surface area contributed by atoms with Gasteiger partial charge in [0.15, 0.2) is 12.4 Å². The zero-order valence-corrected chi connectivity index (χ0v) is 17.1. The van der Waals surface area contributed by atoms with Gasteiger partial charge in [0.2, 0.25) is 5.91 Å². The van der Waals surface area contributed by atoms with Gasteiger partial charge in [0.1, 0.15) is 11.6 Å². The molecule has 1 heterocycles. The molecule has 0 fully saturated rings. The van der Waals surface area contributed by atoms with Gasteiger partial charge < -0.3 is 10.1 Å². The summed E-state index contributed by atoms with van der Waals surface area (Å²) >= 11 is 0. The Morgan fingerprint density at radius 1 is 1.20 bits per heavy atom. The summed E-state index contributed by atoms with van der Waals surface area (Å²) < 4.78 is 5.05.